The van der Waals surface area contributed by atoms with Crippen LogP contribution in [0.4, 0.5) is 0 Å². The highest BCUT2D eigenvalue weighted by molar-refractivity contribution is 9.11. The summed E-state index contributed by atoms with van der Waals surface area (Å²) in [5, 5.41) is 35.9. The van der Waals surface area contributed by atoms with Crippen LogP contribution in [0.15, 0.2) is 64.5 Å². The van der Waals surface area contributed by atoms with Crippen molar-refractivity contribution < 1.29 is 19.5 Å². The summed E-state index contributed by atoms with van der Waals surface area (Å²) in [5.41, 5.74) is 8.02. The topological polar surface area (TPSA) is 120 Å². The minimum Gasteiger partial charge on any atom is -0.427 e. The van der Waals surface area contributed by atoms with Crippen LogP contribution in [0.2, 0.25) is 5.82 Å². The van der Waals surface area contributed by atoms with Gasteiger partial charge < -0.3 is 19.5 Å². The average molecular weight is 800 g/mol. The number of nitrogens with zero attached hydrogens (tertiary/aromatic N) is 6. The molecule has 0 radical (unpaired) electrons. The van der Waals surface area contributed by atoms with Gasteiger partial charge in [0.15, 0.2) is 11.6 Å². The maximum absolute atomic E-state index is 8.25. The zero-order valence-electron chi connectivity index (χ0n) is 29.2. The SMILES string of the molecule is Cc1nnc2n1-c1sc(Br)c(Cc3ccccc3)c1COC2.Cc1nnc2n1-c1sc(C3CC3)c(Cc3ccccc3)c1COC2.OB(O)C1CC1. The van der Waals surface area contributed by atoms with Gasteiger partial charge in [0.25, 0.3) is 0 Å². The van der Waals surface area contributed by atoms with Crippen LogP contribution in [0.25, 0.3) is 10.0 Å². The van der Waals surface area contributed by atoms with E-state index in [0.717, 1.165) is 58.7 Å². The third-order valence-corrected chi connectivity index (χ3v) is 13.2. The minimum atomic E-state index is -1.04. The Hall–Kier alpha value is -3.50. The van der Waals surface area contributed by atoms with Crippen LogP contribution in [-0.4, -0.2) is 46.7 Å². The van der Waals surface area contributed by atoms with Crippen LogP contribution in [0, 0.1) is 13.8 Å². The molecule has 14 heteroatoms. The molecule has 4 aromatic heterocycles. The van der Waals surface area contributed by atoms with E-state index >= 15 is 0 Å². The predicted molar refractivity (Wildman–Crippen MR) is 206 cm³/mol. The van der Waals surface area contributed by atoms with Crippen molar-refractivity contribution in [3.05, 3.63) is 126 Å². The molecule has 0 spiro atoms. The summed E-state index contributed by atoms with van der Waals surface area (Å²) in [6, 6.07) is 21.3. The quantitative estimate of drug-likeness (QED) is 0.164. The van der Waals surface area contributed by atoms with Crippen molar-refractivity contribution in [3.8, 4) is 10.0 Å². The molecule has 2 aliphatic carbocycles. The van der Waals surface area contributed by atoms with Crippen molar-refractivity contribution in [3.63, 3.8) is 0 Å². The van der Waals surface area contributed by atoms with E-state index in [4.69, 9.17) is 19.5 Å². The minimum absolute atomic E-state index is 0.213. The zero-order valence-corrected chi connectivity index (χ0v) is 32.4. The summed E-state index contributed by atoms with van der Waals surface area (Å²) < 4.78 is 17.2. The second kappa shape index (κ2) is 15.5. The molecule has 2 N–H and O–H groups in total. The third kappa shape index (κ3) is 7.61. The van der Waals surface area contributed by atoms with Gasteiger partial charge in [-0.25, -0.2) is 0 Å². The van der Waals surface area contributed by atoms with Gasteiger partial charge in [-0.15, -0.1) is 43.1 Å². The summed E-state index contributed by atoms with van der Waals surface area (Å²) in [4.78, 5) is 1.55. The van der Waals surface area contributed by atoms with Gasteiger partial charge in [0.2, 0.25) is 0 Å². The van der Waals surface area contributed by atoms with E-state index in [1.807, 2.05) is 31.3 Å². The lowest BCUT2D eigenvalue weighted by Crippen LogP contribution is -2.09. The van der Waals surface area contributed by atoms with Crippen LogP contribution in [0.1, 0.15) is 93.2 Å². The number of hydrogen-bond donors (Lipinski definition) is 2. The highest BCUT2D eigenvalue weighted by Crippen LogP contribution is 2.49. The fourth-order valence-electron chi connectivity index (χ4n) is 6.68. The Morgan fingerprint density at radius 3 is 1.67 bits per heavy atom. The molecule has 0 saturated heterocycles. The lowest BCUT2D eigenvalue weighted by molar-refractivity contribution is 0.104. The van der Waals surface area contributed by atoms with Gasteiger partial charge in [-0.3, -0.25) is 9.13 Å². The van der Waals surface area contributed by atoms with E-state index in [2.05, 4.69) is 100 Å². The van der Waals surface area contributed by atoms with Crippen LogP contribution < -0.4 is 0 Å². The first-order chi connectivity index (χ1) is 25.4. The molecule has 10 rings (SSSR count). The van der Waals surface area contributed by atoms with Crippen molar-refractivity contribution in [2.75, 3.05) is 0 Å². The summed E-state index contributed by atoms with van der Waals surface area (Å²) in [6.07, 6.45) is 6.51. The van der Waals surface area contributed by atoms with Gasteiger partial charge in [0.1, 0.15) is 34.9 Å². The summed E-state index contributed by atoms with van der Waals surface area (Å²) >= 11 is 7.39. The molecule has 52 heavy (non-hydrogen) atoms. The molecule has 0 amide bonds. The number of halogens is 1. The molecule has 0 bridgehead atoms. The molecule has 2 aromatic carbocycles. The molecule has 0 unspecified atom stereocenters. The maximum Gasteiger partial charge on any atom is 0.454 e. The van der Waals surface area contributed by atoms with Gasteiger partial charge in [0, 0.05) is 16.0 Å². The van der Waals surface area contributed by atoms with E-state index in [0.29, 0.717) is 26.4 Å². The number of thiophene rings is 2. The first-order valence-electron chi connectivity index (χ1n) is 17.7. The predicted octanol–water partition coefficient (Wildman–Crippen LogP) is 7.78. The van der Waals surface area contributed by atoms with Gasteiger partial charge in [-0.1, -0.05) is 73.5 Å². The number of hydrogen-bond acceptors (Lipinski definition) is 10. The first kappa shape index (κ1) is 35.5. The van der Waals surface area contributed by atoms with Crippen LogP contribution in [0.3, 0.4) is 0 Å². The van der Waals surface area contributed by atoms with Crippen LogP contribution >= 0.6 is 38.6 Å². The largest absolute Gasteiger partial charge is 0.454 e. The molecule has 268 valence electrons. The smallest absolute Gasteiger partial charge is 0.427 e. The molecule has 10 nitrogen and oxygen atoms in total. The Labute approximate surface area is 319 Å². The van der Waals surface area contributed by atoms with Crippen molar-refractivity contribution >= 4 is 45.7 Å². The second-order valence-corrected chi connectivity index (χ2v) is 17.0. The van der Waals surface area contributed by atoms with Crippen LogP contribution in [-0.2, 0) is 48.7 Å². The highest BCUT2D eigenvalue weighted by Gasteiger charge is 2.34. The van der Waals surface area contributed by atoms with E-state index in [1.165, 1.54) is 56.2 Å². The lowest BCUT2D eigenvalue weighted by Gasteiger charge is -2.08. The van der Waals surface area contributed by atoms with Gasteiger partial charge in [-0.2, -0.15) is 0 Å². The first-order valence-corrected chi connectivity index (χ1v) is 20.1. The monoisotopic (exact) mass is 798 g/mol. The van der Waals surface area contributed by atoms with Crippen molar-refractivity contribution in [2.24, 2.45) is 0 Å². The maximum atomic E-state index is 8.25. The van der Waals surface area contributed by atoms with Crippen molar-refractivity contribution in [1.29, 1.82) is 0 Å². The standard InChI is InChI=1S/C19H19N3OS.C16H14BrN3OS.C3H7BO2/c1-12-20-21-17-11-23-10-16-15(9-13-5-3-2-4-6-13)18(14-7-8-14)24-19(16)22(12)17;1-10-18-19-14-9-21-8-13-12(7-11-5-3-2-4-6-11)15(17)22-16(13)20(10)14;5-4(6)3-1-2-3/h2-6,14H,7-11H2,1H3;2-6H,7-9H2,1H3;3,5-6H,1-2H2. The lowest BCUT2D eigenvalue weighted by atomic mass is 9.84. The number of rotatable bonds is 6. The number of aromatic nitrogens is 6. The molecule has 2 aliphatic heterocycles. The Kier molecular flexibility index (Phi) is 10.6. The van der Waals surface area contributed by atoms with E-state index in [1.54, 1.807) is 16.2 Å². The van der Waals surface area contributed by atoms with Gasteiger partial charge >= 0.3 is 7.12 Å². The third-order valence-electron chi connectivity index (χ3n) is 9.76. The molecule has 2 saturated carbocycles. The summed E-state index contributed by atoms with van der Waals surface area (Å²) in [5.74, 6) is 4.59. The van der Waals surface area contributed by atoms with E-state index < -0.39 is 7.12 Å². The van der Waals surface area contributed by atoms with Gasteiger partial charge in [0.05, 0.1) is 17.0 Å². The number of ether oxygens (including phenoxy) is 2. The fraction of sp³-hybridized carbons (Fsp3) is 0.368. The Morgan fingerprint density at radius 1 is 0.692 bits per heavy atom. The zero-order chi connectivity index (χ0) is 35.8. The fourth-order valence-corrected chi connectivity index (χ4v) is 10.2. The van der Waals surface area contributed by atoms with Gasteiger partial charge in [-0.05, 0) is 89.4 Å². The normalized spacial score (nSPS) is 15.8. The highest BCUT2D eigenvalue weighted by atomic mass is 79.9. The Morgan fingerprint density at radius 2 is 1.19 bits per heavy atom. The van der Waals surface area contributed by atoms with Crippen molar-refractivity contribution in [1.82, 2.24) is 29.5 Å². The molecule has 4 aliphatic rings. The molecule has 6 heterocycles. The molecule has 2 fully saturated rings. The Bertz CT molecular complexity index is 2160. The van der Waals surface area contributed by atoms with Crippen molar-refractivity contribution in [2.45, 2.75) is 90.5 Å². The molecular formula is C38H40BBrN6O4S2. The number of fused-ring (bicyclic) bond motifs is 6. The number of benzene rings is 2. The molecule has 6 aromatic rings. The summed E-state index contributed by atoms with van der Waals surface area (Å²) in [7, 11) is -1.04. The van der Waals surface area contributed by atoms with E-state index in [-0.39, 0.29) is 5.82 Å². The number of aryl methyl sites for hydroxylation is 2. The Balaban J connectivity index is 0.000000129. The van der Waals surface area contributed by atoms with E-state index in [9.17, 15) is 0 Å². The molecular weight excluding hydrogens is 759 g/mol. The average Bonchev–Trinajstić information content (AvgIpc) is 4.07. The second-order valence-electron chi connectivity index (χ2n) is 13.7. The summed E-state index contributed by atoms with van der Waals surface area (Å²) in [6.45, 7) is 6.33. The van der Waals surface area contributed by atoms with Crippen LogP contribution in [0.5, 0.6) is 0 Å². The molecule has 0 atom stereocenters.